The number of amidine groups is 1. The Morgan fingerprint density at radius 3 is 2.50 bits per heavy atom. The third-order valence-corrected chi connectivity index (χ3v) is 2.18. The van der Waals surface area contributed by atoms with Gasteiger partial charge in [0, 0.05) is 5.56 Å². The molecule has 1 aromatic carbocycles. The van der Waals surface area contributed by atoms with Gasteiger partial charge in [0.2, 0.25) is 0 Å². The second-order valence-corrected chi connectivity index (χ2v) is 3.29. The molecule has 0 saturated carbocycles. The molecule has 0 radical (unpaired) electrons. The van der Waals surface area contributed by atoms with Crippen LogP contribution in [0.5, 0.6) is 0 Å². The molecular weight excluding hydrogens is 176 g/mol. The Morgan fingerprint density at radius 2 is 2.00 bits per heavy atom. The van der Waals surface area contributed by atoms with Crippen LogP contribution < -0.4 is 5.73 Å². The van der Waals surface area contributed by atoms with Crippen LogP contribution in [0.3, 0.4) is 0 Å². The van der Waals surface area contributed by atoms with Gasteiger partial charge in [-0.2, -0.15) is 0 Å². The molecular formula is C11H16N2O. The van der Waals surface area contributed by atoms with Crippen LogP contribution in [0, 0.1) is 0 Å². The Kier molecular flexibility index (Phi) is 3.98. The third-order valence-electron chi connectivity index (χ3n) is 2.18. The van der Waals surface area contributed by atoms with Crippen molar-refractivity contribution in [3.63, 3.8) is 0 Å². The number of benzene rings is 1. The summed E-state index contributed by atoms with van der Waals surface area (Å²) >= 11 is 0. The van der Waals surface area contributed by atoms with E-state index < -0.39 is 0 Å². The Balaban J connectivity index is 2.68. The lowest BCUT2D eigenvalue weighted by Crippen LogP contribution is -2.12. The second kappa shape index (κ2) is 5.27. The molecule has 0 aliphatic carbocycles. The van der Waals surface area contributed by atoms with Crippen molar-refractivity contribution < 1.29 is 5.21 Å². The minimum Gasteiger partial charge on any atom is -0.409 e. The number of hydrogen-bond acceptors (Lipinski definition) is 2. The normalized spacial score (nSPS) is 11.6. The van der Waals surface area contributed by atoms with E-state index in [4.69, 9.17) is 10.9 Å². The van der Waals surface area contributed by atoms with Gasteiger partial charge in [0.1, 0.15) is 0 Å². The zero-order chi connectivity index (χ0) is 10.4. The summed E-state index contributed by atoms with van der Waals surface area (Å²) in [6.07, 6.45) is 3.48. The largest absolute Gasteiger partial charge is 0.409 e. The molecule has 3 heteroatoms. The molecule has 0 atom stereocenters. The lowest BCUT2D eigenvalue weighted by Gasteiger charge is -2.01. The minimum absolute atomic E-state index is 0.159. The quantitative estimate of drug-likeness (QED) is 0.332. The van der Waals surface area contributed by atoms with Crippen LogP contribution in [-0.4, -0.2) is 11.0 Å². The van der Waals surface area contributed by atoms with Crippen LogP contribution in [0.25, 0.3) is 0 Å². The first-order chi connectivity index (χ1) is 6.77. The molecule has 3 nitrogen and oxygen atoms in total. The fraction of sp³-hybridized carbons (Fsp3) is 0.364. The van der Waals surface area contributed by atoms with Crippen LogP contribution >= 0.6 is 0 Å². The van der Waals surface area contributed by atoms with Gasteiger partial charge >= 0.3 is 0 Å². The summed E-state index contributed by atoms with van der Waals surface area (Å²) in [6.45, 7) is 2.17. The van der Waals surface area contributed by atoms with E-state index in [9.17, 15) is 0 Å². The molecule has 1 aromatic rings. The number of oxime groups is 1. The van der Waals surface area contributed by atoms with Gasteiger partial charge in [-0.1, -0.05) is 42.8 Å². The van der Waals surface area contributed by atoms with E-state index in [-0.39, 0.29) is 5.84 Å². The Labute approximate surface area is 84.2 Å². The molecule has 0 aliphatic heterocycles. The van der Waals surface area contributed by atoms with Gasteiger partial charge < -0.3 is 10.9 Å². The van der Waals surface area contributed by atoms with Crippen molar-refractivity contribution in [1.82, 2.24) is 0 Å². The maximum Gasteiger partial charge on any atom is 0.170 e. The first kappa shape index (κ1) is 10.6. The molecule has 0 saturated heterocycles. The van der Waals surface area contributed by atoms with E-state index in [2.05, 4.69) is 12.1 Å². The summed E-state index contributed by atoms with van der Waals surface area (Å²) in [5.74, 6) is 0.159. The minimum atomic E-state index is 0.159. The second-order valence-electron chi connectivity index (χ2n) is 3.29. The van der Waals surface area contributed by atoms with E-state index >= 15 is 0 Å². The van der Waals surface area contributed by atoms with Crippen LogP contribution in [0.15, 0.2) is 29.4 Å². The molecule has 0 unspecified atom stereocenters. The molecule has 0 spiro atoms. The third kappa shape index (κ3) is 2.76. The molecule has 3 N–H and O–H groups in total. The number of aryl methyl sites for hydroxylation is 1. The van der Waals surface area contributed by atoms with Crippen molar-refractivity contribution >= 4 is 5.84 Å². The number of rotatable bonds is 4. The van der Waals surface area contributed by atoms with Crippen LogP contribution in [0.1, 0.15) is 30.9 Å². The first-order valence-corrected chi connectivity index (χ1v) is 4.84. The molecule has 0 aliphatic rings. The maximum absolute atomic E-state index is 8.46. The summed E-state index contributed by atoms with van der Waals surface area (Å²) < 4.78 is 0. The van der Waals surface area contributed by atoms with Crippen LogP contribution in [0.2, 0.25) is 0 Å². The predicted molar refractivity (Wildman–Crippen MR) is 57.6 cm³/mol. The van der Waals surface area contributed by atoms with E-state index in [0.717, 1.165) is 12.0 Å². The smallest absolute Gasteiger partial charge is 0.170 e. The van der Waals surface area contributed by atoms with Gasteiger partial charge in [-0.05, 0) is 18.4 Å². The van der Waals surface area contributed by atoms with Crippen LogP contribution in [0.4, 0.5) is 0 Å². The van der Waals surface area contributed by atoms with Gasteiger partial charge in [-0.3, -0.25) is 0 Å². The molecule has 0 aromatic heterocycles. The van der Waals surface area contributed by atoms with Gasteiger partial charge in [0.05, 0.1) is 0 Å². The lowest BCUT2D eigenvalue weighted by molar-refractivity contribution is 0.318. The number of nitrogens with two attached hydrogens (primary N) is 1. The average molecular weight is 192 g/mol. The highest BCUT2D eigenvalue weighted by atomic mass is 16.4. The van der Waals surface area contributed by atoms with Crippen molar-refractivity contribution in [2.45, 2.75) is 26.2 Å². The SMILES string of the molecule is CCCCc1ccc(/C(N)=N\O)cc1. The first-order valence-electron chi connectivity index (χ1n) is 4.84. The Bertz CT molecular complexity index is 304. The molecule has 0 bridgehead atoms. The Hall–Kier alpha value is -1.51. The number of hydrogen-bond donors (Lipinski definition) is 2. The summed E-state index contributed by atoms with van der Waals surface area (Å²) in [5, 5.41) is 11.4. The highest BCUT2D eigenvalue weighted by molar-refractivity contribution is 5.96. The lowest BCUT2D eigenvalue weighted by atomic mass is 10.1. The van der Waals surface area contributed by atoms with Crippen molar-refractivity contribution in [1.29, 1.82) is 0 Å². The molecule has 14 heavy (non-hydrogen) atoms. The molecule has 76 valence electrons. The average Bonchev–Trinajstić information content (AvgIpc) is 2.26. The fourth-order valence-electron chi connectivity index (χ4n) is 1.28. The van der Waals surface area contributed by atoms with Crippen molar-refractivity contribution in [2.75, 3.05) is 0 Å². The molecule has 1 rings (SSSR count). The standard InChI is InChI=1S/C11H16N2O/c1-2-3-4-9-5-7-10(8-6-9)11(12)13-14/h5-8,14H,2-4H2,1H3,(H2,12,13). The molecule has 0 amide bonds. The summed E-state index contributed by atoms with van der Waals surface area (Å²) in [5.41, 5.74) is 7.49. The van der Waals surface area contributed by atoms with E-state index in [1.807, 2.05) is 24.3 Å². The monoisotopic (exact) mass is 192 g/mol. The van der Waals surface area contributed by atoms with Crippen molar-refractivity contribution in [2.24, 2.45) is 10.9 Å². The number of nitrogens with zero attached hydrogens (tertiary/aromatic N) is 1. The van der Waals surface area contributed by atoms with Crippen molar-refractivity contribution in [3.8, 4) is 0 Å². The van der Waals surface area contributed by atoms with Gasteiger partial charge in [-0.25, -0.2) is 0 Å². The molecule has 0 heterocycles. The van der Waals surface area contributed by atoms with Crippen LogP contribution in [-0.2, 0) is 6.42 Å². The van der Waals surface area contributed by atoms with Gasteiger partial charge in [-0.15, -0.1) is 0 Å². The summed E-state index contributed by atoms with van der Waals surface area (Å²) in [4.78, 5) is 0. The topological polar surface area (TPSA) is 58.6 Å². The highest BCUT2D eigenvalue weighted by Crippen LogP contribution is 2.07. The molecule has 0 fully saturated rings. The highest BCUT2D eigenvalue weighted by Gasteiger charge is 1.98. The van der Waals surface area contributed by atoms with Gasteiger partial charge in [0.25, 0.3) is 0 Å². The fourth-order valence-corrected chi connectivity index (χ4v) is 1.28. The maximum atomic E-state index is 8.46. The predicted octanol–water partition coefficient (Wildman–Crippen LogP) is 2.12. The zero-order valence-electron chi connectivity index (χ0n) is 8.40. The van der Waals surface area contributed by atoms with Gasteiger partial charge in [0.15, 0.2) is 5.84 Å². The van der Waals surface area contributed by atoms with Crippen molar-refractivity contribution in [3.05, 3.63) is 35.4 Å². The van der Waals surface area contributed by atoms with E-state index in [1.165, 1.54) is 18.4 Å². The zero-order valence-corrected chi connectivity index (χ0v) is 8.40. The van der Waals surface area contributed by atoms with E-state index in [1.54, 1.807) is 0 Å². The number of unbranched alkanes of at least 4 members (excludes halogenated alkanes) is 1. The Morgan fingerprint density at radius 1 is 1.36 bits per heavy atom. The summed E-state index contributed by atoms with van der Waals surface area (Å²) in [7, 11) is 0. The van der Waals surface area contributed by atoms with E-state index in [0.29, 0.717) is 0 Å². The summed E-state index contributed by atoms with van der Waals surface area (Å²) in [6, 6.07) is 7.78.